The molecule has 4 heteroatoms. The van der Waals surface area contributed by atoms with E-state index >= 15 is 0 Å². The Hall–Kier alpha value is -1.57. The van der Waals surface area contributed by atoms with Crippen molar-refractivity contribution in [3.63, 3.8) is 0 Å². The maximum Gasteiger partial charge on any atom is 0.119 e. The molecule has 114 valence electrons. The number of aliphatic hydroxyl groups is 1. The summed E-state index contributed by atoms with van der Waals surface area (Å²) in [6.45, 7) is 4.04. The van der Waals surface area contributed by atoms with Gasteiger partial charge in [-0.1, -0.05) is 13.3 Å². The molecule has 0 bridgehead atoms. The molecule has 1 unspecified atom stereocenters. The SMILES string of the molecule is CCC1(CNCC(O)COc2ccc(C#N)cc2)CCC1. The van der Waals surface area contributed by atoms with E-state index in [0.29, 0.717) is 23.3 Å². The molecule has 1 aliphatic rings. The molecule has 4 nitrogen and oxygen atoms in total. The third kappa shape index (κ3) is 4.45. The van der Waals surface area contributed by atoms with Crippen molar-refractivity contribution in [2.75, 3.05) is 19.7 Å². The van der Waals surface area contributed by atoms with Gasteiger partial charge >= 0.3 is 0 Å². The van der Waals surface area contributed by atoms with Crippen molar-refractivity contribution in [1.82, 2.24) is 5.32 Å². The molecule has 0 aromatic heterocycles. The van der Waals surface area contributed by atoms with Gasteiger partial charge in [-0.15, -0.1) is 0 Å². The van der Waals surface area contributed by atoms with Gasteiger partial charge in [-0.2, -0.15) is 5.26 Å². The second-order valence-corrected chi connectivity index (χ2v) is 5.94. The van der Waals surface area contributed by atoms with Crippen LogP contribution in [-0.2, 0) is 0 Å². The highest BCUT2D eigenvalue weighted by Crippen LogP contribution is 2.42. The topological polar surface area (TPSA) is 65.3 Å². The van der Waals surface area contributed by atoms with E-state index in [1.54, 1.807) is 24.3 Å². The minimum absolute atomic E-state index is 0.262. The van der Waals surface area contributed by atoms with Gasteiger partial charge in [0.1, 0.15) is 18.5 Å². The second-order valence-electron chi connectivity index (χ2n) is 5.94. The lowest BCUT2D eigenvalue weighted by atomic mass is 9.67. The molecule has 0 radical (unpaired) electrons. The Balaban J connectivity index is 1.65. The molecule has 1 atom stereocenters. The molecule has 1 saturated carbocycles. The van der Waals surface area contributed by atoms with Gasteiger partial charge in [-0.3, -0.25) is 0 Å². The Kier molecular flexibility index (Phi) is 5.60. The van der Waals surface area contributed by atoms with Gasteiger partial charge in [0.15, 0.2) is 0 Å². The van der Waals surface area contributed by atoms with Crippen LogP contribution in [0.1, 0.15) is 38.2 Å². The minimum atomic E-state index is -0.519. The lowest BCUT2D eigenvalue weighted by molar-refractivity contribution is 0.0869. The number of hydrogen-bond donors (Lipinski definition) is 2. The van der Waals surface area contributed by atoms with Crippen LogP contribution < -0.4 is 10.1 Å². The van der Waals surface area contributed by atoms with Crippen molar-refractivity contribution < 1.29 is 9.84 Å². The average molecular weight is 288 g/mol. The summed E-state index contributed by atoms with van der Waals surface area (Å²) < 4.78 is 5.52. The fourth-order valence-corrected chi connectivity index (χ4v) is 2.71. The molecule has 2 N–H and O–H groups in total. The normalized spacial score (nSPS) is 17.6. The molecule has 2 rings (SSSR count). The summed E-state index contributed by atoms with van der Waals surface area (Å²) >= 11 is 0. The number of benzene rings is 1. The Labute approximate surface area is 126 Å². The highest BCUT2D eigenvalue weighted by Gasteiger charge is 2.34. The standard InChI is InChI=1S/C17H24N2O2/c1-2-17(8-3-9-17)13-19-11-15(20)12-21-16-6-4-14(10-18)5-7-16/h4-7,15,19-20H,2-3,8-9,11-13H2,1H3. The Bertz CT molecular complexity index is 469. The first kappa shape index (κ1) is 15.8. The van der Waals surface area contributed by atoms with Crippen LogP contribution in [0, 0.1) is 16.7 Å². The number of hydrogen-bond acceptors (Lipinski definition) is 4. The van der Waals surface area contributed by atoms with Crippen molar-refractivity contribution >= 4 is 0 Å². The Morgan fingerprint density at radius 3 is 2.62 bits per heavy atom. The van der Waals surface area contributed by atoms with Gasteiger partial charge in [-0.25, -0.2) is 0 Å². The number of nitrogens with one attached hydrogen (secondary N) is 1. The van der Waals surface area contributed by atoms with E-state index in [2.05, 4.69) is 18.3 Å². The average Bonchev–Trinajstić information content (AvgIpc) is 2.48. The highest BCUT2D eigenvalue weighted by molar-refractivity contribution is 5.34. The van der Waals surface area contributed by atoms with Gasteiger partial charge < -0.3 is 15.2 Å². The molecule has 0 aliphatic heterocycles. The third-order valence-electron chi connectivity index (χ3n) is 4.47. The maximum atomic E-state index is 9.93. The summed E-state index contributed by atoms with van der Waals surface area (Å²) in [5, 5.41) is 22.0. The van der Waals surface area contributed by atoms with Crippen LogP contribution in [0.15, 0.2) is 24.3 Å². The zero-order valence-electron chi connectivity index (χ0n) is 12.6. The van der Waals surface area contributed by atoms with E-state index in [9.17, 15) is 5.11 Å². The molecular weight excluding hydrogens is 264 g/mol. The predicted molar refractivity (Wildman–Crippen MR) is 82.1 cm³/mol. The summed E-state index contributed by atoms with van der Waals surface area (Å²) in [6, 6.07) is 8.98. The van der Waals surface area contributed by atoms with Crippen LogP contribution in [0.3, 0.4) is 0 Å². The number of nitriles is 1. The molecule has 0 amide bonds. The lowest BCUT2D eigenvalue weighted by Crippen LogP contribution is -2.42. The first-order valence-corrected chi connectivity index (χ1v) is 7.69. The van der Waals surface area contributed by atoms with Crippen LogP contribution >= 0.6 is 0 Å². The second kappa shape index (κ2) is 7.44. The van der Waals surface area contributed by atoms with E-state index < -0.39 is 6.10 Å². The van der Waals surface area contributed by atoms with E-state index in [-0.39, 0.29) is 6.61 Å². The molecule has 21 heavy (non-hydrogen) atoms. The summed E-state index contributed by atoms with van der Waals surface area (Å²) in [5.74, 6) is 0.678. The van der Waals surface area contributed by atoms with Crippen molar-refractivity contribution in [3.8, 4) is 11.8 Å². The zero-order valence-corrected chi connectivity index (χ0v) is 12.6. The number of nitrogens with zero attached hydrogens (tertiary/aromatic N) is 1. The van der Waals surface area contributed by atoms with Gasteiger partial charge in [0.05, 0.1) is 11.6 Å². The summed E-state index contributed by atoms with van der Waals surface area (Å²) in [5.41, 5.74) is 1.07. The molecule has 0 heterocycles. The lowest BCUT2D eigenvalue weighted by Gasteiger charge is -2.41. The summed E-state index contributed by atoms with van der Waals surface area (Å²) in [7, 11) is 0. The van der Waals surface area contributed by atoms with Gasteiger partial charge in [0.25, 0.3) is 0 Å². The van der Waals surface area contributed by atoms with Crippen LogP contribution in [0.25, 0.3) is 0 Å². The molecule has 1 aliphatic carbocycles. The number of aliphatic hydroxyl groups excluding tert-OH is 1. The van der Waals surface area contributed by atoms with E-state index in [0.717, 1.165) is 6.54 Å². The van der Waals surface area contributed by atoms with Gasteiger partial charge in [0.2, 0.25) is 0 Å². The fraction of sp³-hybridized carbons (Fsp3) is 0.588. The number of ether oxygens (including phenoxy) is 1. The minimum Gasteiger partial charge on any atom is -0.491 e. The van der Waals surface area contributed by atoms with Crippen molar-refractivity contribution in [3.05, 3.63) is 29.8 Å². The Morgan fingerprint density at radius 2 is 2.10 bits per heavy atom. The van der Waals surface area contributed by atoms with Crippen molar-refractivity contribution in [1.29, 1.82) is 5.26 Å². The summed E-state index contributed by atoms with van der Waals surface area (Å²) in [6.07, 6.45) is 4.62. The monoisotopic (exact) mass is 288 g/mol. The van der Waals surface area contributed by atoms with Crippen LogP contribution in [0.2, 0.25) is 0 Å². The van der Waals surface area contributed by atoms with Crippen molar-refractivity contribution in [2.24, 2.45) is 5.41 Å². The predicted octanol–water partition coefficient (Wildman–Crippen LogP) is 2.47. The van der Waals surface area contributed by atoms with Crippen LogP contribution in [0.5, 0.6) is 5.75 Å². The quantitative estimate of drug-likeness (QED) is 0.771. The van der Waals surface area contributed by atoms with Crippen molar-refractivity contribution in [2.45, 2.75) is 38.7 Å². The van der Waals surface area contributed by atoms with Gasteiger partial charge in [-0.05, 0) is 48.9 Å². The third-order valence-corrected chi connectivity index (χ3v) is 4.47. The maximum absolute atomic E-state index is 9.93. The van der Waals surface area contributed by atoms with E-state index in [1.807, 2.05) is 0 Å². The fourth-order valence-electron chi connectivity index (χ4n) is 2.71. The van der Waals surface area contributed by atoms with Gasteiger partial charge in [0, 0.05) is 13.1 Å². The number of rotatable bonds is 8. The highest BCUT2D eigenvalue weighted by atomic mass is 16.5. The van der Waals surface area contributed by atoms with Crippen LogP contribution in [0.4, 0.5) is 0 Å². The molecule has 1 fully saturated rings. The molecular formula is C17H24N2O2. The van der Waals surface area contributed by atoms with E-state index in [4.69, 9.17) is 10.00 Å². The van der Waals surface area contributed by atoms with E-state index in [1.165, 1.54) is 25.7 Å². The Morgan fingerprint density at radius 1 is 1.38 bits per heavy atom. The smallest absolute Gasteiger partial charge is 0.119 e. The molecule has 0 saturated heterocycles. The first-order valence-electron chi connectivity index (χ1n) is 7.69. The molecule has 1 aromatic carbocycles. The first-order chi connectivity index (χ1) is 10.2. The van der Waals surface area contributed by atoms with Crippen LogP contribution in [-0.4, -0.2) is 30.9 Å². The summed E-state index contributed by atoms with van der Waals surface area (Å²) in [4.78, 5) is 0. The zero-order chi connectivity index (χ0) is 15.1. The molecule has 1 aromatic rings. The largest absolute Gasteiger partial charge is 0.491 e. The molecule has 0 spiro atoms.